The van der Waals surface area contributed by atoms with Crippen molar-refractivity contribution in [3.8, 4) is 28.7 Å². The predicted octanol–water partition coefficient (Wildman–Crippen LogP) is 4.98. The maximum absolute atomic E-state index is 13.9. The molecule has 0 bridgehead atoms. The van der Waals surface area contributed by atoms with Gasteiger partial charge in [-0.2, -0.15) is 0 Å². The van der Waals surface area contributed by atoms with Crippen LogP contribution in [0.4, 0.5) is 5.88 Å². The van der Waals surface area contributed by atoms with Gasteiger partial charge in [0.2, 0.25) is 11.6 Å². The number of benzene rings is 2. The van der Waals surface area contributed by atoms with E-state index in [1.165, 1.54) is 0 Å². The minimum absolute atomic E-state index is 0.0432. The first-order valence-electron chi connectivity index (χ1n) is 12.0. The Balaban J connectivity index is 1.64. The molecule has 1 aliphatic carbocycles. The summed E-state index contributed by atoms with van der Waals surface area (Å²) in [6.45, 7) is 1.87. The fourth-order valence-electron chi connectivity index (χ4n) is 5.48. The fraction of sp³-hybridized carbons (Fsp3) is 0.357. The summed E-state index contributed by atoms with van der Waals surface area (Å²) < 4.78 is 33.5. The van der Waals surface area contributed by atoms with Crippen LogP contribution in [-0.4, -0.2) is 46.5 Å². The fourth-order valence-corrected chi connectivity index (χ4v) is 5.48. The first kappa shape index (κ1) is 24.5. The predicted molar refractivity (Wildman–Crippen MR) is 136 cm³/mol. The van der Waals surface area contributed by atoms with Gasteiger partial charge in [-0.25, -0.2) is 0 Å². The van der Waals surface area contributed by atoms with Crippen molar-refractivity contribution in [1.29, 1.82) is 0 Å². The largest absolute Gasteiger partial charge is 0.493 e. The molecule has 0 saturated carbocycles. The zero-order chi connectivity index (χ0) is 26.3. The number of fused-ring (bicyclic) bond motifs is 1. The molecule has 5 rings (SSSR count). The van der Waals surface area contributed by atoms with Crippen LogP contribution in [0, 0.1) is 6.92 Å². The molecule has 1 N–H and O–H groups in total. The lowest BCUT2D eigenvalue weighted by Crippen LogP contribution is -2.29. The Labute approximate surface area is 215 Å². The molecule has 194 valence electrons. The van der Waals surface area contributed by atoms with Crippen molar-refractivity contribution in [2.75, 3.05) is 40.9 Å². The molecule has 3 aromatic rings. The normalized spacial score (nSPS) is 18.5. The summed E-state index contributed by atoms with van der Waals surface area (Å²) in [7, 11) is 7.92. The van der Waals surface area contributed by atoms with Crippen LogP contribution in [0.2, 0.25) is 0 Å². The van der Waals surface area contributed by atoms with Gasteiger partial charge in [-0.15, -0.1) is 0 Å². The molecule has 0 amide bonds. The number of carbonyl (C=O) groups excluding carboxylic acids is 1. The van der Waals surface area contributed by atoms with Gasteiger partial charge in [0.15, 0.2) is 28.8 Å². The van der Waals surface area contributed by atoms with Crippen LogP contribution in [0.1, 0.15) is 47.1 Å². The van der Waals surface area contributed by atoms with Crippen molar-refractivity contribution < 1.29 is 33.0 Å². The number of methoxy groups -OCH3 is 5. The second-order valence-corrected chi connectivity index (χ2v) is 9.03. The van der Waals surface area contributed by atoms with E-state index in [9.17, 15) is 4.79 Å². The first-order valence-corrected chi connectivity index (χ1v) is 12.0. The maximum Gasteiger partial charge on any atom is 0.233 e. The number of aryl methyl sites for hydroxylation is 1. The second-order valence-electron chi connectivity index (χ2n) is 9.03. The molecule has 0 fully saturated rings. The van der Waals surface area contributed by atoms with E-state index in [-0.39, 0.29) is 11.7 Å². The molecule has 9 heteroatoms. The average Bonchev–Trinajstić information content (AvgIpc) is 3.30. The molecule has 9 nitrogen and oxygen atoms in total. The Kier molecular flexibility index (Phi) is 6.45. The molecule has 2 aromatic carbocycles. The molecule has 37 heavy (non-hydrogen) atoms. The van der Waals surface area contributed by atoms with E-state index < -0.39 is 5.92 Å². The lowest BCUT2D eigenvalue weighted by Gasteiger charge is -2.35. The maximum atomic E-state index is 13.9. The van der Waals surface area contributed by atoms with Crippen molar-refractivity contribution in [3.05, 3.63) is 64.0 Å². The third-order valence-electron chi connectivity index (χ3n) is 7.18. The van der Waals surface area contributed by atoms with Gasteiger partial charge in [-0.1, -0.05) is 17.3 Å². The number of nitrogens with zero attached hydrogens (tertiary/aromatic N) is 1. The van der Waals surface area contributed by atoms with E-state index in [4.69, 9.17) is 28.2 Å². The molecule has 2 atom stereocenters. The summed E-state index contributed by atoms with van der Waals surface area (Å²) >= 11 is 0. The Hall–Kier alpha value is -4.14. The Morgan fingerprint density at radius 3 is 2.24 bits per heavy atom. The number of nitrogens with one attached hydrogen (secondary N) is 1. The third-order valence-corrected chi connectivity index (χ3v) is 7.18. The number of anilines is 1. The minimum atomic E-state index is -0.439. The number of ether oxygens (including phenoxy) is 5. The van der Waals surface area contributed by atoms with E-state index in [0.29, 0.717) is 58.7 Å². The monoisotopic (exact) mass is 506 g/mol. The average molecular weight is 507 g/mol. The topological polar surface area (TPSA) is 101 Å². The van der Waals surface area contributed by atoms with E-state index in [1.807, 2.05) is 37.3 Å². The minimum Gasteiger partial charge on any atom is -0.493 e. The highest BCUT2D eigenvalue weighted by molar-refractivity contribution is 6.02. The van der Waals surface area contributed by atoms with Gasteiger partial charge < -0.3 is 33.5 Å². The summed E-state index contributed by atoms with van der Waals surface area (Å²) in [5, 5.41) is 7.57. The van der Waals surface area contributed by atoms with Crippen LogP contribution in [0.3, 0.4) is 0 Å². The highest BCUT2D eigenvalue weighted by Gasteiger charge is 2.43. The van der Waals surface area contributed by atoms with Gasteiger partial charge >= 0.3 is 0 Å². The standard InChI is InChI=1S/C28H30N2O7/c1-14-23-24(17-8-10-21(33-3)27(36-6)26(17)35-5)25-18(29-28(23)37-30-14)11-16(12-19(25)31)15-7-9-20(32-2)22(13-15)34-4/h7-10,13,16,24,29H,11-12H2,1-6H3. The number of hydrogen-bond acceptors (Lipinski definition) is 9. The van der Waals surface area contributed by atoms with Crippen molar-refractivity contribution in [2.45, 2.75) is 31.6 Å². The Morgan fingerprint density at radius 2 is 1.57 bits per heavy atom. The van der Waals surface area contributed by atoms with Gasteiger partial charge in [0.05, 0.1) is 52.7 Å². The van der Waals surface area contributed by atoms with Gasteiger partial charge in [-0.3, -0.25) is 4.79 Å². The molecule has 1 aliphatic heterocycles. The lowest BCUT2D eigenvalue weighted by atomic mass is 9.72. The molecule has 2 aliphatic rings. The zero-order valence-electron chi connectivity index (χ0n) is 21.8. The molecule has 1 aromatic heterocycles. The summed E-state index contributed by atoms with van der Waals surface area (Å²) in [6, 6.07) is 9.51. The van der Waals surface area contributed by atoms with E-state index in [1.54, 1.807) is 35.5 Å². The smallest absolute Gasteiger partial charge is 0.233 e. The first-order chi connectivity index (χ1) is 17.9. The number of ketones is 1. The number of aromatic nitrogens is 1. The quantitative estimate of drug-likeness (QED) is 0.475. The molecular weight excluding hydrogens is 476 g/mol. The van der Waals surface area contributed by atoms with Crippen LogP contribution in [-0.2, 0) is 4.79 Å². The second kappa shape index (κ2) is 9.72. The van der Waals surface area contributed by atoms with Gasteiger partial charge in [0, 0.05) is 23.3 Å². The van der Waals surface area contributed by atoms with Crippen LogP contribution in [0.5, 0.6) is 28.7 Å². The molecule has 2 unspecified atom stereocenters. The number of Topliss-reactive ketones (excluding diaryl/α,β-unsaturated/α-hetero) is 1. The van der Waals surface area contributed by atoms with Gasteiger partial charge in [0.1, 0.15) is 0 Å². The van der Waals surface area contributed by atoms with Crippen LogP contribution >= 0.6 is 0 Å². The number of allylic oxidation sites excluding steroid dienone is 2. The SMILES string of the molecule is COc1ccc(C2CC(=O)C3=C(C2)Nc2onc(C)c2C3c2ccc(OC)c(OC)c2OC)cc1OC. The molecule has 0 saturated heterocycles. The van der Waals surface area contributed by atoms with E-state index >= 15 is 0 Å². The van der Waals surface area contributed by atoms with Crippen LogP contribution in [0.15, 0.2) is 46.1 Å². The van der Waals surface area contributed by atoms with Crippen LogP contribution in [0.25, 0.3) is 0 Å². The summed E-state index contributed by atoms with van der Waals surface area (Å²) in [4.78, 5) is 13.9. The number of hydrogen-bond donors (Lipinski definition) is 1. The van der Waals surface area contributed by atoms with Crippen molar-refractivity contribution in [1.82, 2.24) is 5.16 Å². The lowest BCUT2D eigenvalue weighted by molar-refractivity contribution is -0.116. The van der Waals surface area contributed by atoms with E-state index in [2.05, 4.69) is 10.5 Å². The zero-order valence-corrected chi connectivity index (χ0v) is 21.8. The van der Waals surface area contributed by atoms with Crippen molar-refractivity contribution in [3.63, 3.8) is 0 Å². The number of rotatable bonds is 7. The third kappa shape index (κ3) is 3.94. The van der Waals surface area contributed by atoms with Crippen molar-refractivity contribution in [2.24, 2.45) is 0 Å². The molecular formula is C28H30N2O7. The highest BCUT2D eigenvalue weighted by atomic mass is 16.5. The molecule has 2 heterocycles. The summed E-state index contributed by atoms with van der Waals surface area (Å²) in [6.07, 6.45) is 0.962. The highest BCUT2D eigenvalue weighted by Crippen LogP contribution is 2.53. The Bertz CT molecular complexity index is 1390. The van der Waals surface area contributed by atoms with E-state index in [0.717, 1.165) is 22.4 Å². The van der Waals surface area contributed by atoms with Crippen LogP contribution < -0.4 is 29.0 Å². The molecule has 0 radical (unpaired) electrons. The van der Waals surface area contributed by atoms with Crippen molar-refractivity contribution >= 4 is 11.7 Å². The number of carbonyl (C=O) groups is 1. The Morgan fingerprint density at radius 1 is 0.865 bits per heavy atom. The van der Waals surface area contributed by atoms with Gasteiger partial charge in [0.25, 0.3) is 0 Å². The van der Waals surface area contributed by atoms with Gasteiger partial charge in [-0.05, 0) is 43.0 Å². The summed E-state index contributed by atoms with van der Waals surface area (Å²) in [5.74, 6) is 2.87. The molecule has 0 spiro atoms. The summed E-state index contributed by atoms with van der Waals surface area (Å²) in [5.41, 5.74) is 4.77.